The highest BCUT2D eigenvalue weighted by Gasteiger charge is 2.19. The lowest BCUT2D eigenvalue weighted by atomic mass is 10.2. The Labute approximate surface area is 178 Å². The average Bonchev–Trinajstić information content (AvgIpc) is 3.44. The van der Waals surface area contributed by atoms with E-state index in [-0.39, 0.29) is 35.7 Å². The Morgan fingerprint density at radius 1 is 1.10 bits per heavy atom. The van der Waals surface area contributed by atoms with Crippen molar-refractivity contribution in [3.05, 3.63) is 76.0 Å². The van der Waals surface area contributed by atoms with Crippen LogP contribution in [0.3, 0.4) is 0 Å². The SMILES string of the molecule is CC(NC(=O)c1cccc(S(=O)(=O)NCc2ccc3c(c2)OCO3)c1)c1cccs1. The minimum Gasteiger partial charge on any atom is -0.454 e. The fraction of sp³-hybridized carbons (Fsp3) is 0.190. The van der Waals surface area contributed by atoms with Gasteiger partial charge in [0.25, 0.3) is 5.91 Å². The van der Waals surface area contributed by atoms with Crippen molar-refractivity contribution in [2.45, 2.75) is 24.4 Å². The number of carbonyl (C=O) groups is 1. The fourth-order valence-corrected chi connectivity index (χ4v) is 4.80. The van der Waals surface area contributed by atoms with Gasteiger partial charge in [0.1, 0.15) is 0 Å². The first-order valence-electron chi connectivity index (χ1n) is 9.25. The zero-order valence-electron chi connectivity index (χ0n) is 16.1. The van der Waals surface area contributed by atoms with Crippen molar-refractivity contribution < 1.29 is 22.7 Å². The average molecular weight is 445 g/mol. The standard InChI is InChI=1S/C21H20N2O5S2/c1-14(20-6-3-9-29-20)23-21(24)16-4-2-5-17(11-16)30(25,26)22-12-15-7-8-18-19(10-15)28-13-27-18/h2-11,14,22H,12-13H2,1H3,(H,23,24). The van der Waals surface area contributed by atoms with Gasteiger partial charge in [-0.2, -0.15) is 0 Å². The summed E-state index contributed by atoms with van der Waals surface area (Å²) in [6, 6.07) is 14.9. The molecular weight excluding hydrogens is 424 g/mol. The molecule has 1 aliphatic rings. The lowest BCUT2D eigenvalue weighted by Crippen LogP contribution is -2.27. The van der Waals surface area contributed by atoms with Crippen molar-refractivity contribution in [3.63, 3.8) is 0 Å². The van der Waals surface area contributed by atoms with Gasteiger partial charge in [0, 0.05) is 17.0 Å². The van der Waals surface area contributed by atoms with Gasteiger partial charge in [-0.05, 0) is 54.3 Å². The van der Waals surface area contributed by atoms with Crippen LogP contribution in [0, 0.1) is 0 Å². The molecule has 1 amide bonds. The third kappa shape index (κ3) is 4.48. The normalized spacial score (nSPS) is 13.8. The van der Waals surface area contributed by atoms with E-state index in [1.807, 2.05) is 24.4 Å². The third-order valence-corrected chi connectivity index (χ3v) is 7.08. The molecule has 156 valence electrons. The van der Waals surface area contributed by atoms with Gasteiger partial charge >= 0.3 is 0 Å². The Balaban J connectivity index is 1.44. The van der Waals surface area contributed by atoms with Crippen LogP contribution in [0.1, 0.15) is 33.8 Å². The molecule has 1 aliphatic heterocycles. The topological polar surface area (TPSA) is 93.7 Å². The number of hydrogen-bond acceptors (Lipinski definition) is 6. The third-order valence-electron chi connectivity index (χ3n) is 4.63. The molecule has 0 radical (unpaired) electrons. The summed E-state index contributed by atoms with van der Waals surface area (Å²) in [5, 5.41) is 4.83. The van der Waals surface area contributed by atoms with Crippen molar-refractivity contribution >= 4 is 27.3 Å². The van der Waals surface area contributed by atoms with Crippen LogP contribution in [0.4, 0.5) is 0 Å². The van der Waals surface area contributed by atoms with E-state index < -0.39 is 10.0 Å². The molecule has 1 unspecified atom stereocenters. The highest BCUT2D eigenvalue weighted by molar-refractivity contribution is 7.89. The summed E-state index contributed by atoms with van der Waals surface area (Å²) < 4.78 is 38.6. The van der Waals surface area contributed by atoms with Crippen LogP contribution >= 0.6 is 11.3 Å². The van der Waals surface area contributed by atoms with E-state index in [2.05, 4.69) is 10.0 Å². The molecule has 30 heavy (non-hydrogen) atoms. The van der Waals surface area contributed by atoms with Gasteiger partial charge in [0.2, 0.25) is 16.8 Å². The van der Waals surface area contributed by atoms with Gasteiger partial charge in [-0.25, -0.2) is 13.1 Å². The number of hydrogen-bond donors (Lipinski definition) is 2. The number of carbonyl (C=O) groups excluding carboxylic acids is 1. The minimum absolute atomic E-state index is 0.0275. The Hall–Kier alpha value is -2.88. The van der Waals surface area contributed by atoms with Crippen LogP contribution in [0.25, 0.3) is 0 Å². The number of sulfonamides is 1. The molecule has 1 aromatic heterocycles. The summed E-state index contributed by atoms with van der Waals surface area (Å²) in [6.45, 7) is 2.13. The summed E-state index contributed by atoms with van der Waals surface area (Å²) in [4.78, 5) is 13.6. The number of nitrogens with one attached hydrogen (secondary N) is 2. The van der Waals surface area contributed by atoms with Crippen molar-refractivity contribution in [3.8, 4) is 11.5 Å². The van der Waals surface area contributed by atoms with Gasteiger partial charge in [0.15, 0.2) is 11.5 Å². The first kappa shape index (κ1) is 20.4. The van der Waals surface area contributed by atoms with Gasteiger partial charge in [-0.1, -0.05) is 18.2 Å². The summed E-state index contributed by atoms with van der Waals surface area (Å²) in [5.74, 6) is 0.894. The predicted octanol–water partition coefficient (Wildman–Crippen LogP) is 3.45. The van der Waals surface area contributed by atoms with Crippen molar-refractivity contribution in [1.82, 2.24) is 10.0 Å². The lowest BCUT2D eigenvalue weighted by Gasteiger charge is -2.13. The highest BCUT2D eigenvalue weighted by Crippen LogP contribution is 2.32. The second-order valence-corrected chi connectivity index (χ2v) is 9.50. The quantitative estimate of drug-likeness (QED) is 0.582. The first-order chi connectivity index (χ1) is 14.4. The molecule has 0 aliphatic carbocycles. The molecule has 7 nitrogen and oxygen atoms in total. The van der Waals surface area contributed by atoms with Crippen LogP contribution in [0.15, 0.2) is 64.9 Å². The minimum atomic E-state index is -3.80. The van der Waals surface area contributed by atoms with Crippen molar-refractivity contribution in [1.29, 1.82) is 0 Å². The van der Waals surface area contributed by atoms with E-state index in [4.69, 9.17) is 9.47 Å². The first-order valence-corrected chi connectivity index (χ1v) is 11.6. The second-order valence-electron chi connectivity index (χ2n) is 6.75. The zero-order valence-corrected chi connectivity index (χ0v) is 17.8. The molecule has 3 aromatic rings. The van der Waals surface area contributed by atoms with Crippen LogP contribution in [0.2, 0.25) is 0 Å². The highest BCUT2D eigenvalue weighted by atomic mass is 32.2. The zero-order chi connectivity index (χ0) is 21.1. The summed E-state index contributed by atoms with van der Waals surface area (Å²) >= 11 is 1.55. The molecule has 0 spiro atoms. The van der Waals surface area contributed by atoms with Crippen LogP contribution in [-0.4, -0.2) is 21.1 Å². The Bertz CT molecular complexity index is 1160. The molecule has 2 N–H and O–H groups in total. The molecule has 0 saturated heterocycles. The van der Waals surface area contributed by atoms with E-state index in [1.54, 1.807) is 41.7 Å². The lowest BCUT2D eigenvalue weighted by molar-refractivity contribution is 0.0940. The smallest absolute Gasteiger partial charge is 0.251 e. The van der Waals surface area contributed by atoms with E-state index >= 15 is 0 Å². The largest absolute Gasteiger partial charge is 0.454 e. The molecule has 0 bridgehead atoms. The van der Waals surface area contributed by atoms with Crippen LogP contribution in [0.5, 0.6) is 11.5 Å². The molecule has 2 heterocycles. The fourth-order valence-electron chi connectivity index (χ4n) is 3.01. The maximum absolute atomic E-state index is 12.7. The number of thiophene rings is 1. The number of fused-ring (bicyclic) bond motifs is 1. The Morgan fingerprint density at radius 3 is 2.73 bits per heavy atom. The van der Waals surface area contributed by atoms with Gasteiger partial charge in [-0.15, -0.1) is 11.3 Å². The molecule has 0 saturated carbocycles. The van der Waals surface area contributed by atoms with E-state index in [9.17, 15) is 13.2 Å². The molecular formula is C21H20N2O5S2. The van der Waals surface area contributed by atoms with Crippen LogP contribution < -0.4 is 19.5 Å². The molecule has 9 heteroatoms. The number of amides is 1. The maximum Gasteiger partial charge on any atom is 0.251 e. The van der Waals surface area contributed by atoms with Gasteiger partial charge in [0.05, 0.1) is 10.9 Å². The molecule has 4 rings (SSSR count). The predicted molar refractivity (Wildman–Crippen MR) is 113 cm³/mol. The van der Waals surface area contributed by atoms with E-state index in [1.165, 1.54) is 12.1 Å². The number of ether oxygens (including phenoxy) is 2. The van der Waals surface area contributed by atoms with Crippen molar-refractivity contribution in [2.75, 3.05) is 6.79 Å². The summed E-state index contributed by atoms with van der Waals surface area (Å²) in [5.41, 5.74) is 1.02. The number of rotatable bonds is 7. The second kappa shape index (κ2) is 8.47. The Kier molecular flexibility index (Phi) is 5.76. The monoisotopic (exact) mass is 444 g/mol. The summed E-state index contributed by atoms with van der Waals surface area (Å²) in [7, 11) is -3.80. The van der Waals surface area contributed by atoms with Gasteiger partial charge < -0.3 is 14.8 Å². The molecule has 1 atom stereocenters. The maximum atomic E-state index is 12.7. The summed E-state index contributed by atoms with van der Waals surface area (Å²) in [6.07, 6.45) is 0. The van der Waals surface area contributed by atoms with Crippen LogP contribution in [-0.2, 0) is 16.6 Å². The number of benzene rings is 2. The van der Waals surface area contributed by atoms with Crippen molar-refractivity contribution in [2.24, 2.45) is 0 Å². The van der Waals surface area contributed by atoms with E-state index in [0.29, 0.717) is 11.5 Å². The molecule has 2 aromatic carbocycles. The van der Waals surface area contributed by atoms with Gasteiger partial charge in [-0.3, -0.25) is 4.79 Å². The Morgan fingerprint density at radius 2 is 1.93 bits per heavy atom. The van der Waals surface area contributed by atoms with E-state index in [0.717, 1.165) is 10.4 Å². The molecule has 0 fully saturated rings.